The Labute approximate surface area is 61.7 Å². The zero-order valence-corrected chi connectivity index (χ0v) is 6.75. The smallest absolute Gasteiger partial charge is 0.189 e. The van der Waals surface area contributed by atoms with E-state index in [2.05, 4.69) is 42.1 Å². The highest BCUT2D eigenvalue weighted by molar-refractivity contribution is 9.11. The van der Waals surface area contributed by atoms with Gasteiger partial charge < -0.3 is 0 Å². The van der Waals surface area contributed by atoms with Gasteiger partial charge in [0.1, 0.15) is 4.60 Å². The van der Waals surface area contributed by atoms with E-state index in [1.807, 2.05) is 0 Å². The molecule has 44 valence electrons. The van der Waals surface area contributed by atoms with Gasteiger partial charge in [0.25, 0.3) is 0 Å². The Hall–Kier alpha value is 0.1000. The van der Waals surface area contributed by atoms with Crippen LogP contribution in [0.1, 0.15) is 0 Å². The van der Waals surface area contributed by atoms with Crippen molar-refractivity contribution in [3.05, 3.63) is 15.0 Å². The third-order valence-corrected chi connectivity index (χ3v) is 1.68. The molecule has 1 aromatic heterocycles. The number of rotatable bonds is 0. The topological polar surface area (TPSA) is 28.7 Å². The molecule has 1 aromatic rings. The summed E-state index contributed by atoms with van der Waals surface area (Å²) < 4.78 is 12.8. The van der Waals surface area contributed by atoms with Crippen LogP contribution in [-0.2, 0) is 0 Å². The van der Waals surface area contributed by atoms with Gasteiger partial charge in [0, 0.05) is 0 Å². The average molecular weight is 244 g/mol. The fourth-order valence-corrected chi connectivity index (χ4v) is 1.12. The molecule has 5 heteroatoms. The molecule has 0 bridgehead atoms. The first-order valence-electron chi connectivity index (χ1n) is 1.76. The maximum Gasteiger partial charge on any atom is 0.189 e. The van der Waals surface area contributed by atoms with E-state index in [4.69, 9.17) is 0 Å². The monoisotopic (exact) mass is 242 g/mol. The summed E-state index contributed by atoms with van der Waals surface area (Å²) in [5, 5.41) is 5.87. The molecule has 1 rings (SSSR count). The molecule has 2 nitrogen and oxygen atoms in total. The van der Waals surface area contributed by atoms with Gasteiger partial charge in [0.2, 0.25) is 0 Å². The molecule has 8 heavy (non-hydrogen) atoms. The molecule has 1 N–H and O–H groups in total. The summed E-state index contributed by atoms with van der Waals surface area (Å²) in [7, 11) is 0. The first-order valence-corrected chi connectivity index (χ1v) is 3.35. The van der Waals surface area contributed by atoms with Crippen molar-refractivity contribution in [3.63, 3.8) is 0 Å². The Kier molecular flexibility index (Phi) is 1.67. The predicted molar refractivity (Wildman–Crippen MR) is 33.9 cm³/mol. The normalized spacial score (nSPS) is 9.88. The quantitative estimate of drug-likeness (QED) is 0.743. The van der Waals surface area contributed by atoms with Crippen LogP contribution < -0.4 is 0 Å². The highest BCUT2D eigenvalue weighted by Crippen LogP contribution is 2.18. The summed E-state index contributed by atoms with van der Waals surface area (Å²) in [5.41, 5.74) is 0. The van der Waals surface area contributed by atoms with Crippen LogP contribution in [0.4, 0.5) is 4.39 Å². The van der Waals surface area contributed by atoms with Gasteiger partial charge in [-0.15, -0.1) is 0 Å². The molecule has 0 atom stereocenters. The van der Waals surface area contributed by atoms with Gasteiger partial charge in [-0.1, -0.05) is 0 Å². The van der Waals surface area contributed by atoms with Crippen LogP contribution in [0.25, 0.3) is 0 Å². The number of nitrogens with zero attached hydrogens (tertiary/aromatic N) is 1. The number of H-pyrrole nitrogens is 1. The van der Waals surface area contributed by atoms with E-state index in [0.717, 1.165) is 0 Å². The molecule has 0 unspecified atom stereocenters. The van der Waals surface area contributed by atoms with Crippen molar-refractivity contribution in [3.8, 4) is 0 Å². The molecule has 1 heterocycles. The lowest BCUT2D eigenvalue weighted by molar-refractivity contribution is 0.615. The standard InChI is InChI=1S/C3HBr2FN2/c4-2-1(6)3(5)8-7-2/h(H,7,8). The molecule has 0 aromatic carbocycles. The summed E-state index contributed by atoms with van der Waals surface area (Å²) >= 11 is 5.76. The largest absolute Gasteiger partial charge is 0.267 e. The molecule has 0 fully saturated rings. The molecule has 0 saturated carbocycles. The molecule has 0 saturated heterocycles. The fourth-order valence-electron chi connectivity index (χ4n) is 0.287. The molecule has 0 radical (unpaired) electrons. The van der Waals surface area contributed by atoms with Crippen molar-refractivity contribution < 1.29 is 4.39 Å². The Bertz CT molecular complexity index is 178. The zero-order chi connectivity index (χ0) is 6.15. The highest BCUT2D eigenvalue weighted by atomic mass is 79.9. The maximum absolute atomic E-state index is 12.3. The zero-order valence-electron chi connectivity index (χ0n) is 3.58. The van der Waals surface area contributed by atoms with Gasteiger partial charge in [0.15, 0.2) is 10.4 Å². The summed E-state index contributed by atoms with van der Waals surface area (Å²) in [6.45, 7) is 0. The van der Waals surface area contributed by atoms with Crippen LogP contribution >= 0.6 is 31.9 Å². The molecule has 0 aliphatic carbocycles. The lowest BCUT2D eigenvalue weighted by atomic mass is 10.7. The van der Waals surface area contributed by atoms with Gasteiger partial charge in [0.05, 0.1) is 0 Å². The van der Waals surface area contributed by atoms with Gasteiger partial charge in [-0.3, -0.25) is 5.10 Å². The van der Waals surface area contributed by atoms with Crippen LogP contribution in [0.5, 0.6) is 0 Å². The summed E-state index contributed by atoms with van der Waals surface area (Å²) in [6.07, 6.45) is 0. The minimum atomic E-state index is -0.398. The van der Waals surface area contributed by atoms with Crippen molar-refractivity contribution >= 4 is 31.9 Å². The molecule has 0 amide bonds. The Morgan fingerprint density at radius 2 is 2.12 bits per heavy atom. The van der Waals surface area contributed by atoms with Gasteiger partial charge in [-0.2, -0.15) is 5.10 Å². The number of halogens is 3. The van der Waals surface area contributed by atoms with Crippen molar-refractivity contribution in [2.45, 2.75) is 0 Å². The SMILES string of the molecule is Fc1c(Br)n[nH]c1Br. The van der Waals surface area contributed by atoms with Gasteiger partial charge in [-0.05, 0) is 31.9 Å². The van der Waals surface area contributed by atoms with E-state index in [1.165, 1.54) is 0 Å². The molecule has 0 spiro atoms. The second-order valence-corrected chi connectivity index (χ2v) is 2.69. The fraction of sp³-hybridized carbons (Fsp3) is 0. The Balaban J connectivity index is 3.19. The summed E-state index contributed by atoms with van der Waals surface area (Å²) in [5.74, 6) is -0.398. The number of hydrogen-bond acceptors (Lipinski definition) is 1. The van der Waals surface area contributed by atoms with E-state index in [1.54, 1.807) is 0 Å². The molecular formula is C3HBr2FN2. The number of aromatic amines is 1. The van der Waals surface area contributed by atoms with Crippen molar-refractivity contribution in [2.75, 3.05) is 0 Å². The van der Waals surface area contributed by atoms with E-state index in [9.17, 15) is 4.39 Å². The first-order chi connectivity index (χ1) is 3.72. The predicted octanol–water partition coefficient (Wildman–Crippen LogP) is 2.07. The second-order valence-electron chi connectivity index (χ2n) is 1.14. The van der Waals surface area contributed by atoms with Crippen LogP contribution in [0.2, 0.25) is 0 Å². The minimum absolute atomic E-state index is 0.198. The van der Waals surface area contributed by atoms with Crippen LogP contribution in [0.15, 0.2) is 9.21 Å². The van der Waals surface area contributed by atoms with Crippen LogP contribution in [-0.4, -0.2) is 10.2 Å². The molecule has 0 aliphatic rings. The van der Waals surface area contributed by atoms with E-state index < -0.39 is 5.82 Å². The molecular weight excluding hydrogens is 243 g/mol. The van der Waals surface area contributed by atoms with Gasteiger partial charge >= 0.3 is 0 Å². The maximum atomic E-state index is 12.3. The lowest BCUT2D eigenvalue weighted by Gasteiger charge is -1.75. The second kappa shape index (κ2) is 2.14. The van der Waals surface area contributed by atoms with E-state index in [-0.39, 0.29) is 9.21 Å². The number of hydrogen-bond donors (Lipinski definition) is 1. The molecule has 0 aliphatic heterocycles. The first kappa shape index (κ1) is 6.22. The third kappa shape index (κ3) is 0.925. The highest BCUT2D eigenvalue weighted by Gasteiger charge is 2.05. The van der Waals surface area contributed by atoms with E-state index in [0.29, 0.717) is 0 Å². The Morgan fingerprint density at radius 3 is 2.25 bits per heavy atom. The van der Waals surface area contributed by atoms with Crippen LogP contribution in [0, 0.1) is 5.82 Å². The van der Waals surface area contributed by atoms with Crippen molar-refractivity contribution in [1.82, 2.24) is 10.2 Å². The summed E-state index contributed by atoms with van der Waals surface area (Å²) in [6, 6.07) is 0. The third-order valence-electron chi connectivity index (χ3n) is 0.626. The van der Waals surface area contributed by atoms with Crippen molar-refractivity contribution in [2.24, 2.45) is 0 Å². The van der Waals surface area contributed by atoms with E-state index >= 15 is 0 Å². The van der Waals surface area contributed by atoms with Gasteiger partial charge in [-0.25, -0.2) is 4.39 Å². The number of aromatic nitrogens is 2. The Morgan fingerprint density at radius 1 is 1.50 bits per heavy atom. The number of nitrogens with one attached hydrogen (secondary N) is 1. The average Bonchev–Trinajstić information content (AvgIpc) is 1.98. The van der Waals surface area contributed by atoms with Crippen molar-refractivity contribution in [1.29, 1.82) is 0 Å². The minimum Gasteiger partial charge on any atom is -0.267 e. The lowest BCUT2D eigenvalue weighted by Crippen LogP contribution is -1.65. The summed E-state index contributed by atoms with van der Waals surface area (Å²) in [4.78, 5) is 0. The van der Waals surface area contributed by atoms with Crippen LogP contribution in [0.3, 0.4) is 0 Å².